The van der Waals surface area contributed by atoms with E-state index in [1.54, 1.807) is 12.0 Å². The highest BCUT2D eigenvalue weighted by Crippen LogP contribution is 2.35. The summed E-state index contributed by atoms with van der Waals surface area (Å²) in [6, 6.07) is 13.0. The SMILES string of the molecule is COc1ccccc1Oc1nc(N2CCN(C)CC2)nc2c1CN(C(=O)c1ccc(F)cc1)CC2. The number of halogens is 1. The van der Waals surface area contributed by atoms with Crippen molar-refractivity contribution in [2.75, 3.05) is 51.8 Å². The van der Waals surface area contributed by atoms with Crippen LogP contribution in [-0.2, 0) is 13.0 Å². The predicted molar refractivity (Wildman–Crippen MR) is 130 cm³/mol. The van der Waals surface area contributed by atoms with E-state index in [-0.39, 0.29) is 11.7 Å². The summed E-state index contributed by atoms with van der Waals surface area (Å²) in [4.78, 5) is 29.0. The second-order valence-electron chi connectivity index (χ2n) is 8.78. The van der Waals surface area contributed by atoms with Crippen molar-refractivity contribution < 1.29 is 18.7 Å². The van der Waals surface area contributed by atoms with Crippen molar-refractivity contribution in [2.45, 2.75) is 13.0 Å². The van der Waals surface area contributed by atoms with E-state index < -0.39 is 0 Å². The molecule has 2 aliphatic rings. The first-order chi connectivity index (χ1) is 17.0. The number of carbonyl (C=O) groups excluding carboxylic acids is 1. The van der Waals surface area contributed by atoms with E-state index in [2.05, 4.69) is 16.8 Å². The lowest BCUT2D eigenvalue weighted by molar-refractivity contribution is 0.0732. The quantitative estimate of drug-likeness (QED) is 0.558. The van der Waals surface area contributed by atoms with Crippen molar-refractivity contribution in [3.8, 4) is 17.4 Å². The van der Waals surface area contributed by atoms with E-state index in [4.69, 9.17) is 19.4 Å². The number of benzene rings is 2. The maximum atomic E-state index is 13.3. The molecule has 1 amide bonds. The van der Waals surface area contributed by atoms with Gasteiger partial charge in [-0.15, -0.1) is 0 Å². The van der Waals surface area contributed by atoms with Crippen LogP contribution in [0.5, 0.6) is 17.4 Å². The molecule has 3 aromatic rings. The first-order valence-corrected chi connectivity index (χ1v) is 11.7. The van der Waals surface area contributed by atoms with Gasteiger partial charge in [-0.05, 0) is 43.4 Å². The monoisotopic (exact) mass is 477 g/mol. The lowest BCUT2D eigenvalue weighted by atomic mass is 10.0. The van der Waals surface area contributed by atoms with Crippen LogP contribution in [0.25, 0.3) is 0 Å². The summed E-state index contributed by atoms with van der Waals surface area (Å²) in [6.07, 6.45) is 0.577. The zero-order chi connectivity index (χ0) is 24.4. The fourth-order valence-corrected chi connectivity index (χ4v) is 4.36. The number of para-hydroxylation sites is 2. The number of fused-ring (bicyclic) bond motifs is 1. The van der Waals surface area contributed by atoms with E-state index in [9.17, 15) is 9.18 Å². The van der Waals surface area contributed by atoms with E-state index in [0.29, 0.717) is 48.4 Å². The summed E-state index contributed by atoms with van der Waals surface area (Å²) in [5.74, 6) is 1.66. The van der Waals surface area contributed by atoms with Crippen LogP contribution in [0, 0.1) is 5.82 Å². The molecule has 1 saturated heterocycles. The maximum absolute atomic E-state index is 13.3. The number of amides is 1. The van der Waals surface area contributed by atoms with Gasteiger partial charge in [0.25, 0.3) is 5.91 Å². The molecule has 1 aromatic heterocycles. The van der Waals surface area contributed by atoms with Crippen molar-refractivity contribution in [3.63, 3.8) is 0 Å². The zero-order valence-corrected chi connectivity index (χ0v) is 19.9. The Hall–Kier alpha value is -3.72. The number of rotatable bonds is 5. The number of piperazine rings is 1. The molecule has 0 unspecified atom stereocenters. The number of ether oxygens (including phenoxy) is 2. The Bertz CT molecular complexity index is 1210. The average Bonchev–Trinajstić information content (AvgIpc) is 2.89. The summed E-state index contributed by atoms with van der Waals surface area (Å²) < 4.78 is 25.1. The third kappa shape index (κ3) is 4.90. The first kappa shape index (κ1) is 23.0. The van der Waals surface area contributed by atoms with Crippen LogP contribution >= 0.6 is 0 Å². The van der Waals surface area contributed by atoms with Crippen molar-refractivity contribution in [1.82, 2.24) is 19.8 Å². The number of anilines is 1. The Labute approximate surface area is 203 Å². The van der Waals surface area contributed by atoms with Crippen molar-refractivity contribution in [2.24, 2.45) is 0 Å². The second-order valence-corrected chi connectivity index (χ2v) is 8.78. The van der Waals surface area contributed by atoms with E-state index in [1.807, 2.05) is 24.3 Å². The molecule has 1 fully saturated rings. The summed E-state index contributed by atoms with van der Waals surface area (Å²) in [7, 11) is 3.70. The van der Waals surface area contributed by atoms with E-state index in [0.717, 1.165) is 37.4 Å². The topological polar surface area (TPSA) is 71.0 Å². The molecule has 0 bridgehead atoms. The molecule has 182 valence electrons. The summed E-state index contributed by atoms with van der Waals surface area (Å²) >= 11 is 0. The molecular weight excluding hydrogens is 449 g/mol. The number of methoxy groups -OCH3 is 1. The minimum atomic E-state index is -0.372. The molecule has 8 nitrogen and oxygen atoms in total. The van der Waals surface area contributed by atoms with Gasteiger partial charge in [-0.3, -0.25) is 4.79 Å². The van der Waals surface area contributed by atoms with Crippen molar-refractivity contribution in [1.29, 1.82) is 0 Å². The number of carbonyl (C=O) groups is 1. The number of nitrogens with zero attached hydrogens (tertiary/aromatic N) is 5. The molecule has 0 saturated carbocycles. The molecule has 35 heavy (non-hydrogen) atoms. The van der Waals surface area contributed by atoms with Crippen LogP contribution < -0.4 is 14.4 Å². The molecule has 0 spiro atoms. The van der Waals surface area contributed by atoms with Gasteiger partial charge in [0.2, 0.25) is 11.8 Å². The third-order valence-electron chi connectivity index (χ3n) is 6.45. The third-order valence-corrected chi connectivity index (χ3v) is 6.45. The van der Waals surface area contributed by atoms with Crippen LogP contribution in [-0.4, -0.2) is 72.6 Å². The van der Waals surface area contributed by atoms with Gasteiger partial charge in [0.05, 0.1) is 24.9 Å². The lowest BCUT2D eigenvalue weighted by Crippen LogP contribution is -2.45. The molecule has 0 N–H and O–H groups in total. The largest absolute Gasteiger partial charge is 0.493 e. The molecule has 9 heteroatoms. The number of likely N-dealkylation sites (N-methyl/N-ethyl adjacent to an activating group) is 1. The fourth-order valence-electron chi connectivity index (χ4n) is 4.36. The van der Waals surface area contributed by atoms with Gasteiger partial charge in [0.15, 0.2) is 11.5 Å². The van der Waals surface area contributed by atoms with Crippen LogP contribution in [0.4, 0.5) is 10.3 Å². The lowest BCUT2D eigenvalue weighted by Gasteiger charge is -2.34. The van der Waals surface area contributed by atoms with Gasteiger partial charge >= 0.3 is 0 Å². The molecule has 3 heterocycles. The Morgan fingerprint density at radius 3 is 2.37 bits per heavy atom. The van der Waals surface area contributed by atoms with Gasteiger partial charge in [-0.2, -0.15) is 4.98 Å². The summed E-state index contributed by atoms with van der Waals surface area (Å²) in [5, 5.41) is 0. The Balaban J connectivity index is 1.49. The zero-order valence-electron chi connectivity index (χ0n) is 19.9. The van der Waals surface area contributed by atoms with Gasteiger partial charge in [-0.1, -0.05) is 12.1 Å². The number of aromatic nitrogens is 2. The molecule has 0 aliphatic carbocycles. The highest BCUT2D eigenvalue weighted by molar-refractivity contribution is 5.94. The highest BCUT2D eigenvalue weighted by Gasteiger charge is 2.29. The molecule has 2 aromatic carbocycles. The predicted octanol–water partition coefficient (Wildman–Crippen LogP) is 3.37. The first-order valence-electron chi connectivity index (χ1n) is 11.7. The second kappa shape index (κ2) is 9.87. The molecule has 0 radical (unpaired) electrons. The van der Waals surface area contributed by atoms with Crippen LogP contribution in [0.3, 0.4) is 0 Å². The smallest absolute Gasteiger partial charge is 0.254 e. The van der Waals surface area contributed by atoms with Crippen LogP contribution in [0.2, 0.25) is 0 Å². The molecule has 5 rings (SSSR count). The van der Waals surface area contributed by atoms with Crippen LogP contribution in [0.1, 0.15) is 21.6 Å². The minimum absolute atomic E-state index is 0.165. The number of hydrogen-bond acceptors (Lipinski definition) is 7. The number of hydrogen-bond donors (Lipinski definition) is 0. The van der Waals surface area contributed by atoms with E-state index >= 15 is 0 Å². The maximum Gasteiger partial charge on any atom is 0.254 e. The van der Waals surface area contributed by atoms with Crippen molar-refractivity contribution in [3.05, 3.63) is 71.2 Å². The standard InChI is InChI=1S/C26H28FN5O3/c1-30-13-15-31(16-14-30)26-28-21-11-12-32(25(33)18-7-9-19(27)10-8-18)17-20(21)24(29-26)35-23-6-4-3-5-22(23)34-2/h3-10H,11-17H2,1-2H3. The minimum Gasteiger partial charge on any atom is -0.493 e. The van der Waals surface area contributed by atoms with E-state index in [1.165, 1.54) is 24.3 Å². The molecular formula is C26H28FN5O3. The Morgan fingerprint density at radius 2 is 1.66 bits per heavy atom. The van der Waals surface area contributed by atoms with Gasteiger partial charge in [0.1, 0.15) is 5.82 Å². The van der Waals surface area contributed by atoms with Crippen LogP contribution in [0.15, 0.2) is 48.5 Å². The van der Waals surface area contributed by atoms with Gasteiger partial charge in [-0.25, -0.2) is 9.37 Å². The van der Waals surface area contributed by atoms with Gasteiger partial charge < -0.3 is 24.2 Å². The molecule has 2 aliphatic heterocycles. The normalized spacial score (nSPS) is 16.1. The Morgan fingerprint density at radius 1 is 0.943 bits per heavy atom. The van der Waals surface area contributed by atoms with Crippen molar-refractivity contribution >= 4 is 11.9 Å². The average molecular weight is 478 g/mol. The molecule has 0 atom stereocenters. The fraction of sp³-hybridized carbons (Fsp3) is 0.346. The summed E-state index contributed by atoms with van der Waals surface area (Å²) in [5.41, 5.74) is 2.09. The highest BCUT2D eigenvalue weighted by atomic mass is 19.1. The summed E-state index contributed by atoms with van der Waals surface area (Å²) in [6.45, 7) is 4.35. The van der Waals surface area contributed by atoms with Gasteiger partial charge in [0, 0.05) is 44.7 Å². The Kier molecular flexibility index (Phi) is 6.50.